The molecule has 0 bridgehead atoms. The SMILES string of the molecule is CCCNc1ncc([N+](=O)[O-])c(NCc2cnn(C)c2)n1. The van der Waals surface area contributed by atoms with Crippen LogP contribution in [-0.2, 0) is 13.6 Å². The Kier molecular flexibility index (Phi) is 4.64. The second kappa shape index (κ2) is 6.64. The van der Waals surface area contributed by atoms with Gasteiger partial charge in [-0.15, -0.1) is 0 Å². The van der Waals surface area contributed by atoms with Crippen LogP contribution in [0.2, 0.25) is 0 Å². The number of aromatic nitrogens is 4. The van der Waals surface area contributed by atoms with Crippen LogP contribution in [0.5, 0.6) is 0 Å². The highest BCUT2D eigenvalue weighted by Gasteiger charge is 2.17. The second-order valence-electron chi connectivity index (χ2n) is 4.49. The molecule has 2 aromatic heterocycles. The van der Waals surface area contributed by atoms with Crippen LogP contribution < -0.4 is 10.6 Å². The van der Waals surface area contributed by atoms with Gasteiger partial charge in [-0.25, -0.2) is 4.98 Å². The van der Waals surface area contributed by atoms with Crippen molar-refractivity contribution < 1.29 is 4.92 Å². The minimum absolute atomic E-state index is 0.152. The molecule has 9 nitrogen and oxygen atoms in total. The first kappa shape index (κ1) is 14.7. The largest absolute Gasteiger partial charge is 0.360 e. The highest BCUT2D eigenvalue weighted by atomic mass is 16.6. The maximum atomic E-state index is 11.0. The van der Waals surface area contributed by atoms with Crippen LogP contribution in [0.3, 0.4) is 0 Å². The van der Waals surface area contributed by atoms with Gasteiger partial charge in [-0.05, 0) is 6.42 Å². The number of nitrogens with one attached hydrogen (secondary N) is 2. The van der Waals surface area contributed by atoms with Crippen LogP contribution in [0.4, 0.5) is 17.5 Å². The maximum absolute atomic E-state index is 11.0. The summed E-state index contributed by atoms with van der Waals surface area (Å²) in [5.74, 6) is 0.564. The zero-order valence-electron chi connectivity index (χ0n) is 11.9. The number of hydrogen-bond acceptors (Lipinski definition) is 7. The molecule has 0 spiro atoms. The minimum atomic E-state index is -0.505. The molecule has 9 heteroatoms. The van der Waals surface area contributed by atoms with E-state index in [4.69, 9.17) is 0 Å². The van der Waals surface area contributed by atoms with Crippen LogP contribution in [0.15, 0.2) is 18.6 Å². The summed E-state index contributed by atoms with van der Waals surface area (Å²) in [6, 6.07) is 0. The molecule has 2 aromatic rings. The van der Waals surface area contributed by atoms with E-state index in [1.165, 1.54) is 6.20 Å². The van der Waals surface area contributed by atoms with Gasteiger partial charge in [-0.1, -0.05) is 6.92 Å². The van der Waals surface area contributed by atoms with E-state index in [0.29, 0.717) is 19.0 Å². The number of aryl methyl sites for hydroxylation is 1. The smallest absolute Gasteiger partial charge is 0.329 e. The Bertz CT molecular complexity index is 626. The van der Waals surface area contributed by atoms with E-state index in [2.05, 4.69) is 25.7 Å². The molecular formula is C12H17N7O2. The van der Waals surface area contributed by atoms with Gasteiger partial charge in [0.1, 0.15) is 6.20 Å². The zero-order valence-corrected chi connectivity index (χ0v) is 11.9. The normalized spacial score (nSPS) is 10.4. The van der Waals surface area contributed by atoms with E-state index < -0.39 is 4.92 Å². The average Bonchev–Trinajstić information content (AvgIpc) is 2.88. The third-order valence-electron chi connectivity index (χ3n) is 2.72. The number of nitrogens with zero attached hydrogens (tertiary/aromatic N) is 5. The molecule has 0 radical (unpaired) electrons. The number of rotatable bonds is 7. The Morgan fingerprint density at radius 3 is 2.81 bits per heavy atom. The lowest BCUT2D eigenvalue weighted by atomic mass is 10.3. The van der Waals surface area contributed by atoms with Crippen molar-refractivity contribution in [3.8, 4) is 0 Å². The molecule has 2 heterocycles. The van der Waals surface area contributed by atoms with Crippen molar-refractivity contribution in [3.05, 3.63) is 34.3 Å². The number of hydrogen-bond donors (Lipinski definition) is 2. The predicted octanol–water partition coefficient (Wildman–Crippen LogP) is 1.55. The van der Waals surface area contributed by atoms with Gasteiger partial charge in [0.15, 0.2) is 0 Å². The van der Waals surface area contributed by atoms with E-state index >= 15 is 0 Å². The monoisotopic (exact) mass is 291 g/mol. The van der Waals surface area contributed by atoms with Gasteiger partial charge < -0.3 is 10.6 Å². The number of nitro groups is 1. The Labute approximate surface area is 121 Å². The molecule has 0 aromatic carbocycles. The van der Waals surface area contributed by atoms with Crippen LogP contribution in [0.1, 0.15) is 18.9 Å². The molecule has 2 rings (SSSR count). The molecule has 0 atom stereocenters. The Morgan fingerprint density at radius 2 is 2.19 bits per heavy atom. The summed E-state index contributed by atoms with van der Waals surface area (Å²) in [5.41, 5.74) is 0.759. The van der Waals surface area contributed by atoms with Crippen molar-refractivity contribution >= 4 is 17.5 Å². The fourth-order valence-electron chi connectivity index (χ4n) is 1.71. The van der Waals surface area contributed by atoms with Crippen molar-refractivity contribution in [1.29, 1.82) is 0 Å². The van der Waals surface area contributed by atoms with Gasteiger partial charge in [0.2, 0.25) is 11.8 Å². The van der Waals surface area contributed by atoms with E-state index in [-0.39, 0.29) is 11.5 Å². The fraction of sp³-hybridized carbons (Fsp3) is 0.417. The third-order valence-corrected chi connectivity index (χ3v) is 2.72. The number of anilines is 2. The third kappa shape index (κ3) is 3.88. The van der Waals surface area contributed by atoms with Crippen molar-refractivity contribution in [2.24, 2.45) is 7.05 Å². The van der Waals surface area contributed by atoms with E-state index in [1.807, 2.05) is 20.2 Å². The molecule has 21 heavy (non-hydrogen) atoms. The van der Waals surface area contributed by atoms with Crippen LogP contribution in [0, 0.1) is 10.1 Å². The summed E-state index contributed by atoms with van der Waals surface area (Å²) in [5, 5.41) is 21.0. The molecule has 0 aliphatic carbocycles. The predicted molar refractivity (Wildman–Crippen MR) is 78.0 cm³/mol. The Morgan fingerprint density at radius 1 is 1.38 bits per heavy atom. The van der Waals surface area contributed by atoms with Crippen LogP contribution in [-0.4, -0.2) is 31.2 Å². The standard InChI is InChI=1S/C12H17N7O2/c1-3-4-13-12-15-7-10(19(20)21)11(17-12)14-5-9-6-16-18(2)8-9/h6-8H,3-5H2,1-2H3,(H2,13,14,15,17). The molecule has 0 aliphatic heterocycles. The maximum Gasteiger partial charge on any atom is 0.329 e. The molecular weight excluding hydrogens is 274 g/mol. The summed E-state index contributed by atoms with van der Waals surface area (Å²) in [7, 11) is 1.81. The van der Waals surface area contributed by atoms with Gasteiger partial charge in [0.25, 0.3) is 0 Å². The first-order valence-corrected chi connectivity index (χ1v) is 6.57. The molecule has 0 amide bonds. The summed E-state index contributed by atoms with van der Waals surface area (Å²) >= 11 is 0. The lowest BCUT2D eigenvalue weighted by Crippen LogP contribution is -2.09. The van der Waals surface area contributed by atoms with Gasteiger partial charge in [0.05, 0.1) is 11.1 Å². The van der Waals surface area contributed by atoms with Crippen LogP contribution >= 0.6 is 0 Å². The Balaban J connectivity index is 2.15. The van der Waals surface area contributed by atoms with Crippen molar-refractivity contribution in [2.75, 3.05) is 17.2 Å². The first-order valence-electron chi connectivity index (χ1n) is 6.57. The van der Waals surface area contributed by atoms with E-state index in [9.17, 15) is 10.1 Å². The summed E-state index contributed by atoms with van der Waals surface area (Å²) in [4.78, 5) is 18.6. The van der Waals surface area contributed by atoms with Gasteiger partial charge in [-0.3, -0.25) is 14.8 Å². The van der Waals surface area contributed by atoms with Crippen molar-refractivity contribution in [1.82, 2.24) is 19.7 Å². The minimum Gasteiger partial charge on any atom is -0.360 e. The highest BCUT2D eigenvalue weighted by molar-refractivity contribution is 5.57. The lowest BCUT2D eigenvalue weighted by molar-refractivity contribution is -0.384. The molecule has 0 unspecified atom stereocenters. The topological polar surface area (TPSA) is 111 Å². The highest BCUT2D eigenvalue weighted by Crippen LogP contribution is 2.22. The van der Waals surface area contributed by atoms with Crippen molar-refractivity contribution in [3.63, 3.8) is 0 Å². The lowest BCUT2D eigenvalue weighted by Gasteiger charge is -2.07. The quantitative estimate of drug-likeness (QED) is 0.588. The molecule has 112 valence electrons. The van der Waals surface area contributed by atoms with E-state index in [0.717, 1.165) is 12.0 Å². The van der Waals surface area contributed by atoms with E-state index in [1.54, 1.807) is 10.9 Å². The first-order chi connectivity index (χ1) is 10.1. The second-order valence-corrected chi connectivity index (χ2v) is 4.49. The summed E-state index contributed by atoms with van der Waals surface area (Å²) in [6.07, 6.45) is 5.64. The summed E-state index contributed by atoms with van der Waals surface area (Å²) < 4.78 is 1.67. The Hall–Kier alpha value is -2.71. The zero-order chi connectivity index (χ0) is 15.2. The fourth-order valence-corrected chi connectivity index (χ4v) is 1.71. The average molecular weight is 291 g/mol. The van der Waals surface area contributed by atoms with Crippen LogP contribution in [0.25, 0.3) is 0 Å². The summed E-state index contributed by atoms with van der Waals surface area (Å²) in [6.45, 7) is 3.12. The molecule has 0 aliphatic rings. The molecule has 2 N–H and O–H groups in total. The van der Waals surface area contributed by atoms with Gasteiger partial charge in [0, 0.05) is 31.9 Å². The van der Waals surface area contributed by atoms with Crippen molar-refractivity contribution in [2.45, 2.75) is 19.9 Å². The molecule has 0 fully saturated rings. The van der Waals surface area contributed by atoms with Gasteiger partial charge >= 0.3 is 5.69 Å². The molecule has 0 saturated heterocycles. The molecule has 0 saturated carbocycles. The van der Waals surface area contributed by atoms with Gasteiger partial charge in [-0.2, -0.15) is 10.1 Å².